The first-order valence-corrected chi connectivity index (χ1v) is 11.0. The van der Waals surface area contributed by atoms with E-state index in [-0.39, 0.29) is 11.5 Å². The van der Waals surface area contributed by atoms with Gasteiger partial charge in [-0.05, 0) is 43.4 Å². The van der Waals surface area contributed by atoms with Crippen molar-refractivity contribution in [3.8, 4) is 0 Å². The summed E-state index contributed by atoms with van der Waals surface area (Å²) in [5, 5.41) is 0.825. The summed E-state index contributed by atoms with van der Waals surface area (Å²) < 4.78 is 20.7. The summed E-state index contributed by atoms with van der Waals surface area (Å²) in [7, 11) is 0. The fraction of sp³-hybridized carbons (Fsp3) is 0.524. The third-order valence-electron chi connectivity index (χ3n) is 5.43. The molecule has 150 valence electrons. The van der Waals surface area contributed by atoms with Crippen molar-refractivity contribution in [2.75, 3.05) is 32.8 Å². The predicted molar refractivity (Wildman–Crippen MR) is 108 cm³/mol. The minimum Gasteiger partial charge on any atom is -0.379 e. The maximum absolute atomic E-state index is 13.4. The maximum atomic E-state index is 13.4. The molecule has 0 N–H and O–H groups in total. The Kier molecular flexibility index (Phi) is 6.44. The van der Waals surface area contributed by atoms with Crippen molar-refractivity contribution in [1.29, 1.82) is 0 Å². The third kappa shape index (κ3) is 4.64. The lowest BCUT2D eigenvalue weighted by Crippen LogP contribution is -2.37. The van der Waals surface area contributed by atoms with Gasteiger partial charge in [-0.2, -0.15) is 4.98 Å². The number of aromatic nitrogens is 2. The van der Waals surface area contributed by atoms with Crippen LogP contribution in [-0.4, -0.2) is 47.3 Å². The molecule has 2 aliphatic rings. The van der Waals surface area contributed by atoms with E-state index in [9.17, 15) is 9.18 Å². The van der Waals surface area contributed by atoms with Crippen LogP contribution in [-0.2, 0) is 29.9 Å². The quantitative estimate of drug-likeness (QED) is 0.526. The Morgan fingerprint density at radius 1 is 1.18 bits per heavy atom. The van der Waals surface area contributed by atoms with Crippen LogP contribution in [0.2, 0.25) is 0 Å². The number of ether oxygens (including phenoxy) is 1. The lowest BCUT2D eigenvalue weighted by atomic mass is 10.2. The van der Waals surface area contributed by atoms with E-state index in [2.05, 4.69) is 9.88 Å². The van der Waals surface area contributed by atoms with Crippen molar-refractivity contribution in [3.63, 3.8) is 0 Å². The number of nitrogens with zero attached hydrogens (tertiary/aromatic N) is 3. The van der Waals surface area contributed by atoms with E-state index in [1.54, 1.807) is 23.9 Å². The molecule has 5 nitrogen and oxygen atoms in total. The lowest BCUT2D eigenvalue weighted by Gasteiger charge is -2.26. The molecule has 1 fully saturated rings. The van der Waals surface area contributed by atoms with Crippen LogP contribution in [0, 0.1) is 5.82 Å². The fourth-order valence-corrected chi connectivity index (χ4v) is 5.01. The normalized spacial score (nSPS) is 17.0. The molecule has 2 heterocycles. The van der Waals surface area contributed by atoms with Crippen molar-refractivity contribution in [2.24, 2.45) is 0 Å². The monoisotopic (exact) mass is 403 g/mol. The zero-order valence-corrected chi connectivity index (χ0v) is 16.8. The number of thioether (sulfide) groups is 1. The van der Waals surface area contributed by atoms with Crippen molar-refractivity contribution in [3.05, 3.63) is 57.4 Å². The second kappa shape index (κ2) is 9.20. The van der Waals surface area contributed by atoms with Crippen LogP contribution in [0.1, 0.15) is 29.7 Å². The van der Waals surface area contributed by atoms with Crippen molar-refractivity contribution >= 4 is 11.8 Å². The van der Waals surface area contributed by atoms with Gasteiger partial charge in [-0.15, -0.1) is 11.8 Å². The molecular weight excluding hydrogens is 377 g/mol. The molecule has 0 bridgehead atoms. The molecule has 7 heteroatoms. The third-order valence-corrected chi connectivity index (χ3v) is 6.51. The van der Waals surface area contributed by atoms with Crippen LogP contribution in [0.15, 0.2) is 34.1 Å². The Morgan fingerprint density at radius 3 is 2.86 bits per heavy atom. The number of hydrogen-bond donors (Lipinski definition) is 0. The van der Waals surface area contributed by atoms with E-state index in [4.69, 9.17) is 4.74 Å². The number of morpholine rings is 1. The molecule has 0 spiro atoms. The second-order valence-corrected chi connectivity index (χ2v) is 8.32. The standard InChI is InChI=1S/C21H26FN3O2S/c22-17-5-1-4-16(14-17)15-28-20-18-6-2-7-19(18)25(21(26)23-20)9-3-8-24-10-12-27-13-11-24/h1,4-5,14H,2-3,6-13,15H2. The summed E-state index contributed by atoms with van der Waals surface area (Å²) in [6, 6.07) is 6.61. The number of rotatable bonds is 7. The molecule has 1 aromatic heterocycles. The van der Waals surface area contributed by atoms with Gasteiger partial charge in [0.05, 0.1) is 13.2 Å². The smallest absolute Gasteiger partial charge is 0.348 e. The van der Waals surface area contributed by atoms with Gasteiger partial charge in [0.2, 0.25) is 0 Å². The van der Waals surface area contributed by atoms with E-state index >= 15 is 0 Å². The Bertz CT molecular complexity index is 880. The molecule has 1 saturated heterocycles. The number of hydrogen-bond acceptors (Lipinski definition) is 5. The molecule has 28 heavy (non-hydrogen) atoms. The van der Waals surface area contributed by atoms with E-state index in [1.807, 2.05) is 10.6 Å². The minimum atomic E-state index is -0.230. The average molecular weight is 404 g/mol. The van der Waals surface area contributed by atoms with Gasteiger partial charge in [0, 0.05) is 43.2 Å². The minimum absolute atomic E-state index is 0.149. The lowest BCUT2D eigenvalue weighted by molar-refractivity contribution is 0.0368. The summed E-state index contributed by atoms with van der Waals surface area (Å²) >= 11 is 1.54. The molecular formula is C21H26FN3O2S. The molecule has 0 amide bonds. The average Bonchev–Trinajstić information content (AvgIpc) is 3.19. The van der Waals surface area contributed by atoms with Crippen LogP contribution in [0.3, 0.4) is 0 Å². The van der Waals surface area contributed by atoms with Gasteiger partial charge < -0.3 is 4.74 Å². The zero-order valence-electron chi connectivity index (χ0n) is 16.0. The SMILES string of the molecule is O=c1nc(SCc2cccc(F)c2)c2c(n1CCCN1CCOCC1)CCC2. The van der Waals surface area contributed by atoms with Crippen molar-refractivity contribution in [2.45, 2.75) is 43.0 Å². The highest BCUT2D eigenvalue weighted by atomic mass is 32.2. The van der Waals surface area contributed by atoms with E-state index in [1.165, 1.54) is 11.6 Å². The van der Waals surface area contributed by atoms with E-state index < -0.39 is 0 Å². The molecule has 2 aromatic rings. The molecule has 0 atom stereocenters. The van der Waals surface area contributed by atoms with Gasteiger partial charge in [-0.1, -0.05) is 12.1 Å². The first kappa shape index (κ1) is 19.6. The van der Waals surface area contributed by atoms with Crippen LogP contribution in [0.5, 0.6) is 0 Å². The first-order chi connectivity index (χ1) is 13.7. The number of halogens is 1. The van der Waals surface area contributed by atoms with Gasteiger partial charge in [0.25, 0.3) is 0 Å². The maximum Gasteiger partial charge on any atom is 0.348 e. The Balaban J connectivity index is 1.44. The summed E-state index contributed by atoms with van der Waals surface area (Å²) in [5.41, 5.74) is 3.13. The summed E-state index contributed by atoms with van der Waals surface area (Å²) in [5.74, 6) is 0.393. The molecule has 4 rings (SSSR count). The summed E-state index contributed by atoms with van der Waals surface area (Å²) in [4.78, 5) is 19.5. The Hall–Kier alpha value is -1.70. The highest BCUT2D eigenvalue weighted by Gasteiger charge is 2.22. The Labute approximate surface area is 168 Å². The van der Waals surface area contributed by atoms with Crippen LogP contribution >= 0.6 is 11.8 Å². The molecule has 1 aromatic carbocycles. The zero-order chi connectivity index (χ0) is 19.3. The largest absolute Gasteiger partial charge is 0.379 e. The highest BCUT2D eigenvalue weighted by Crippen LogP contribution is 2.31. The van der Waals surface area contributed by atoms with Gasteiger partial charge in [0.1, 0.15) is 10.8 Å². The van der Waals surface area contributed by atoms with Gasteiger partial charge in [-0.3, -0.25) is 9.47 Å². The van der Waals surface area contributed by atoms with E-state index in [0.29, 0.717) is 5.75 Å². The van der Waals surface area contributed by atoms with Crippen molar-refractivity contribution in [1.82, 2.24) is 14.5 Å². The van der Waals surface area contributed by atoms with Gasteiger partial charge in [-0.25, -0.2) is 9.18 Å². The summed E-state index contributed by atoms with van der Waals surface area (Å²) in [6.07, 6.45) is 3.93. The van der Waals surface area contributed by atoms with Crippen LogP contribution in [0.25, 0.3) is 0 Å². The fourth-order valence-electron chi connectivity index (χ4n) is 3.99. The Morgan fingerprint density at radius 2 is 2.04 bits per heavy atom. The number of benzene rings is 1. The highest BCUT2D eigenvalue weighted by molar-refractivity contribution is 7.98. The predicted octanol–water partition coefficient (Wildman–Crippen LogP) is 2.89. The van der Waals surface area contributed by atoms with Crippen LogP contribution in [0.4, 0.5) is 4.39 Å². The van der Waals surface area contributed by atoms with Gasteiger partial charge in [0.15, 0.2) is 0 Å². The van der Waals surface area contributed by atoms with Crippen molar-refractivity contribution < 1.29 is 9.13 Å². The second-order valence-electron chi connectivity index (χ2n) is 7.36. The molecule has 0 saturated carbocycles. The molecule has 1 aliphatic heterocycles. The first-order valence-electron chi connectivity index (χ1n) is 10.0. The summed E-state index contributed by atoms with van der Waals surface area (Å²) in [6.45, 7) is 5.26. The topological polar surface area (TPSA) is 47.4 Å². The molecule has 0 unspecified atom stereocenters. The van der Waals surface area contributed by atoms with E-state index in [0.717, 1.165) is 81.4 Å². The van der Waals surface area contributed by atoms with Crippen LogP contribution < -0.4 is 5.69 Å². The molecule has 0 radical (unpaired) electrons. The number of fused-ring (bicyclic) bond motifs is 1. The van der Waals surface area contributed by atoms with Gasteiger partial charge >= 0.3 is 5.69 Å². The molecule has 1 aliphatic carbocycles.